The molecule has 1 aliphatic heterocycles. The van der Waals surface area contributed by atoms with Crippen molar-refractivity contribution >= 4 is 15.7 Å². The van der Waals surface area contributed by atoms with Crippen LogP contribution in [0.3, 0.4) is 0 Å². The standard InChI is InChI=1S/C20H26N2O3S/c1-15-11-19(25-3)12-16(2)20(15)26(23,24)21-13-17-9-10-22(14-17)18-7-5-4-6-8-18/h4-8,11-12,17,21H,9-10,13-14H2,1-3H3. The number of ether oxygens (including phenoxy) is 1. The number of aryl methyl sites for hydroxylation is 2. The number of rotatable bonds is 6. The summed E-state index contributed by atoms with van der Waals surface area (Å²) in [5.41, 5.74) is 2.60. The first-order valence-electron chi connectivity index (χ1n) is 8.85. The molecule has 0 radical (unpaired) electrons. The number of nitrogens with zero attached hydrogens (tertiary/aromatic N) is 1. The number of anilines is 1. The molecular weight excluding hydrogens is 348 g/mol. The van der Waals surface area contributed by atoms with Gasteiger partial charge in [0.2, 0.25) is 10.0 Å². The van der Waals surface area contributed by atoms with E-state index in [1.807, 2.05) is 18.2 Å². The fourth-order valence-electron chi connectivity index (χ4n) is 3.62. The first kappa shape index (κ1) is 18.7. The summed E-state index contributed by atoms with van der Waals surface area (Å²) in [6, 6.07) is 13.8. The second kappa shape index (κ2) is 7.68. The van der Waals surface area contributed by atoms with Crippen LogP contribution >= 0.6 is 0 Å². The maximum atomic E-state index is 12.8. The van der Waals surface area contributed by atoms with Gasteiger partial charge in [0.15, 0.2) is 0 Å². The van der Waals surface area contributed by atoms with Crippen LogP contribution in [0.5, 0.6) is 5.75 Å². The van der Waals surface area contributed by atoms with Gasteiger partial charge in [-0.3, -0.25) is 0 Å². The molecule has 2 aromatic carbocycles. The van der Waals surface area contributed by atoms with Crippen LogP contribution in [0.2, 0.25) is 0 Å². The van der Waals surface area contributed by atoms with Crippen LogP contribution in [0.1, 0.15) is 17.5 Å². The third kappa shape index (κ3) is 4.02. The number of benzene rings is 2. The van der Waals surface area contributed by atoms with Crippen molar-refractivity contribution in [1.29, 1.82) is 0 Å². The van der Waals surface area contributed by atoms with Crippen LogP contribution < -0.4 is 14.4 Å². The molecule has 5 nitrogen and oxygen atoms in total. The van der Waals surface area contributed by atoms with Crippen molar-refractivity contribution in [2.24, 2.45) is 5.92 Å². The molecule has 1 N–H and O–H groups in total. The van der Waals surface area contributed by atoms with Crippen molar-refractivity contribution in [3.05, 3.63) is 53.6 Å². The van der Waals surface area contributed by atoms with E-state index in [0.717, 1.165) is 19.5 Å². The minimum atomic E-state index is -3.54. The maximum absolute atomic E-state index is 12.8. The number of para-hydroxylation sites is 1. The molecule has 2 aromatic rings. The van der Waals surface area contributed by atoms with Crippen LogP contribution in [0.4, 0.5) is 5.69 Å². The molecule has 0 aromatic heterocycles. The smallest absolute Gasteiger partial charge is 0.241 e. The molecule has 1 unspecified atom stereocenters. The zero-order chi connectivity index (χ0) is 18.7. The molecule has 1 saturated heterocycles. The molecule has 0 aliphatic carbocycles. The minimum absolute atomic E-state index is 0.309. The highest BCUT2D eigenvalue weighted by Gasteiger charge is 2.26. The SMILES string of the molecule is COc1cc(C)c(S(=O)(=O)NCC2CCN(c3ccccc3)C2)c(C)c1. The van der Waals surface area contributed by atoms with Crippen LogP contribution in [0.15, 0.2) is 47.4 Å². The minimum Gasteiger partial charge on any atom is -0.497 e. The highest BCUT2D eigenvalue weighted by Crippen LogP contribution is 2.27. The maximum Gasteiger partial charge on any atom is 0.241 e. The molecule has 1 fully saturated rings. The van der Waals surface area contributed by atoms with E-state index in [9.17, 15) is 8.42 Å². The lowest BCUT2D eigenvalue weighted by atomic mass is 10.1. The van der Waals surface area contributed by atoms with Gasteiger partial charge in [0.05, 0.1) is 12.0 Å². The Kier molecular flexibility index (Phi) is 5.53. The summed E-state index contributed by atoms with van der Waals surface area (Å²) < 4.78 is 33.7. The summed E-state index contributed by atoms with van der Waals surface area (Å²) in [7, 11) is -1.96. The van der Waals surface area contributed by atoms with E-state index >= 15 is 0 Å². The van der Waals surface area contributed by atoms with Gasteiger partial charge in [0.25, 0.3) is 0 Å². The highest BCUT2D eigenvalue weighted by molar-refractivity contribution is 7.89. The van der Waals surface area contributed by atoms with Crippen molar-refractivity contribution in [2.75, 3.05) is 31.6 Å². The molecule has 0 bridgehead atoms. The second-order valence-corrected chi connectivity index (χ2v) is 8.58. The van der Waals surface area contributed by atoms with Gasteiger partial charge in [-0.05, 0) is 61.6 Å². The van der Waals surface area contributed by atoms with Crippen molar-refractivity contribution in [3.8, 4) is 5.75 Å². The fourth-order valence-corrected chi connectivity index (χ4v) is 5.19. The predicted molar refractivity (Wildman–Crippen MR) is 104 cm³/mol. The lowest BCUT2D eigenvalue weighted by molar-refractivity contribution is 0.413. The molecule has 0 spiro atoms. The Labute approximate surface area is 156 Å². The van der Waals surface area contributed by atoms with E-state index in [1.54, 1.807) is 33.1 Å². The number of nitrogens with one attached hydrogen (secondary N) is 1. The van der Waals surface area contributed by atoms with Crippen LogP contribution in [-0.4, -0.2) is 35.2 Å². The van der Waals surface area contributed by atoms with Crippen LogP contribution in [0, 0.1) is 19.8 Å². The first-order chi connectivity index (χ1) is 12.4. The summed E-state index contributed by atoms with van der Waals surface area (Å²) in [5.74, 6) is 0.983. The van der Waals surface area contributed by atoms with Crippen molar-refractivity contribution in [3.63, 3.8) is 0 Å². The summed E-state index contributed by atoms with van der Waals surface area (Å²) in [6.45, 7) is 5.88. The zero-order valence-corrected chi connectivity index (χ0v) is 16.3. The van der Waals surface area contributed by atoms with E-state index in [-0.39, 0.29) is 0 Å². The van der Waals surface area contributed by atoms with Gasteiger partial charge in [-0.25, -0.2) is 13.1 Å². The molecule has 140 valence electrons. The van der Waals surface area contributed by atoms with Crippen molar-refractivity contribution in [1.82, 2.24) is 4.72 Å². The van der Waals surface area contributed by atoms with Gasteiger partial charge in [0.1, 0.15) is 5.75 Å². The fraction of sp³-hybridized carbons (Fsp3) is 0.400. The van der Waals surface area contributed by atoms with Gasteiger partial charge in [-0.2, -0.15) is 0 Å². The third-order valence-corrected chi connectivity index (χ3v) is 6.64. The summed E-state index contributed by atoms with van der Waals surface area (Å²) >= 11 is 0. The van der Waals surface area contributed by atoms with Gasteiger partial charge in [0, 0.05) is 25.3 Å². The van der Waals surface area contributed by atoms with E-state index in [0.29, 0.717) is 34.2 Å². The van der Waals surface area contributed by atoms with E-state index in [2.05, 4.69) is 21.8 Å². The van der Waals surface area contributed by atoms with Crippen LogP contribution in [0.25, 0.3) is 0 Å². The number of hydrogen-bond donors (Lipinski definition) is 1. The van der Waals surface area contributed by atoms with Crippen LogP contribution in [-0.2, 0) is 10.0 Å². The molecule has 3 rings (SSSR count). The molecular formula is C20H26N2O3S. The predicted octanol–water partition coefficient (Wildman–Crippen LogP) is 3.12. The van der Waals surface area contributed by atoms with Crippen molar-refractivity contribution in [2.45, 2.75) is 25.2 Å². The van der Waals surface area contributed by atoms with Gasteiger partial charge >= 0.3 is 0 Å². The Morgan fingerprint density at radius 3 is 2.42 bits per heavy atom. The molecule has 1 atom stereocenters. The average Bonchev–Trinajstić information content (AvgIpc) is 3.09. The zero-order valence-electron chi connectivity index (χ0n) is 15.5. The first-order valence-corrected chi connectivity index (χ1v) is 10.3. The van der Waals surface area contributed by atoms with Crippen molar-refractivity contribution < 1.29 is 13.2 Å². The molecule has 1 heterocycles. The van der Waals surface area contributed by atoms with E-state index in [4.69, 9.17) is 4.74 Å². The molecule has 6 heteroatoms. The Bertz CT molecular complexity index is 843. The van der Waals surface area contributed by atoms with Gasteiger partial charge in [-0.1, -0.05) is 18.2 Å². The van der Waals surface area contributed by atoms with E-state index < -0.39 is 10.0 Å². The number of hydrogen-bond acceptors (Lipinski definition) is 4. The largest absolute Gasteiger partial charge is 0.497 e. The molecule has 1 aliphatic rings. The molecule has 0 amide bonds. The lowest BCUT2D eigenvalue weighted by Gasteiger charge is -2.19. The second-order valence-electron chi connectivity index (χ2n) is 6.88. The monoisotopic (exact) mass is 374 g/mol. The number of sulfonamides is 1. The quantitative estimate of drug-likeness (QED) is 0.844. The number of methoxy groups -OCH3 is 1. The molecule has 26 heavy (non-hydrogen) atoms. The summed E-state index contributed by atoms with van der Waals surface area (Å²) in [5, 5.41) is 0. The Morgan fingerprint density at radius 2 is 1.81 bits per heavy atom. The third-order valence-electron chi connectivity index (χ3n) is 4.91. The Morgan fingerprint density at radius 1 is 1.15 bits per heavy atom. The van der Waals surface area contributed by atoms with E-state index in [1.165, 1.54) is 5.69 Å². The summed E-state index contributed by atoms with van der Waals surface area (Å²) in [4.78, 5) is 2.67. The Balaban J connectivity index is 1.66. The lowest BCUT2D eigenvalue weighted by Crippen LogP contribution is -2.32. The summed E-state index contributed by atoms with van der Waals surface area (Å²) in [6.07, 6.45) is 0.984. The molecule has 0 saturated carbocycles. The Hall–Kier alpha value is -2.05. The topological polar surface area (TPSA) is 58.6 Å². The highest BCUT2D eigenvalue weighted by atomic mass is 32.2. The average molecular weight is 375 g/mol. The van der Waals surface area contributed by atoms with Gasteiger partial charge < -0.3 is 9.64 Å². The van der Waals surface area contributed by atoms with Gasteiger partial charge in [-0.15, -0.1) is 0 Å². The normalized spacial score (nSPS) is 17.5.